The van der Waals surface area contributed by atoms with Crippen molar-refractivity contribution in [3.8, 4) is 0 Å². The van der Waals surface area contributed by atoms with Crippen molar-refractivity contribution in [2.24, 2.45) is 0 Å². The second-order valence-corrected chi connectivity index (χ2v) is 2.10. The van der Waals surface area contributed by atoms with Crippen LogP contribution in [0.3, 0.4) is 0 Å². The maximum atomic E-state index is 4.76. The van der Waals surface area contributed by atoms with E-state index >= 15 is 0 Å². The van der Waals surface area contributed by atoms with Crippen molar-refractivity contribution >= 4 is 24.4 Å². The third kappa shape index (κ3) is 1.02. The fourth-order valence-electron chi connectivity index (χ4n) is 0.366. The first-order valence-electron chi connectivity index (χ1n) is 2.07. The molecule has 0 unspecified atom stereocenters. The zero-order valence-corrected chi connectivity index (χ0v) is 5.60. The van der Waals surface area contributed by atoms with Crippen LogP contribution in [0.1, 0.15) is 0 Å². The predicted octanol–water partition coefficient (Wildman–Crippen LogP) is 1.80. The van der Waals surface area contributed by atoms with Gasteiger partial charge in [-0.15, -0.1) is 0 Å². The Kier molecular flexibility index (Phi) is 1.55. The van der Waals surface area contributed by atoms with Gasteiger partial charge >= 0.3 is 0 Å². The van der Waals surface area contributed by atoms with Crippen molar-refractivity contribution in [3.05, 3.63) is 21.7 Å². The number of aromatic nitrogens is 2. The Morgan fingerprint density at radius 1 is 1.00 bits per heavy atom. The van der Waals surface area contributed by atoms with E-state index in [0.717, 1.165) is 0 Å². The topological polar surface area (TPSA) is 31.6 Å². The van der Waals surface area contributed by atoms with Gasteiger partial charge in [-0.1, -0.05) is 24.4 Å². The lowest BCUT2D eigenvalue weighted by molar-refractivity contribution is 1.16. The van der Waals surface area contributed by atoms with E-state index in [0.29, 0.717) is 9.28 Å². The standard InChI is InChI=1S/C4H4N2S2/c7-3-4(8)6-2-1-5-3/h1-2H,(H,5,7)(H,6,8). The van der Waals surface area contributed by atoms with Gasteiger partial charge in [-0.3, -0.25) is 0 Å². The second kappa shape index (κ2) is 2.19. The summed E-state index contributed by atoms with van der Waals surface area (Å²) in [6.45, 7) is 0. The summed E-state index contributed by atoms with van der Waals surface area (Å²) in [7, 11) is 0. The number of aromatic amines is 2. The molecule has 42 valence electrons. The minimum absolute atomic E-state index is 0.586. The van der Waals surface area contributed by atoms with Crippen LogP contribution in [-0.4, -0.2) is 9.97 Å². The molecule has 1 rings (SSSR count). The maximum Gasteiger partial charge on any atom is 0.138 e. The van der Waals surface area contributed by atoms with Gasteiger partial charge in [0, 0.05) is 12.4 Å². The van der Waals surface area contributed by atoms with Crippen molar-refractivity contribution < 1.29 is 0 Å². The molecule has 0 saturated heterocycles. The molecule has 0 aliphatic carbocycles. The van der Waals surface area contributed by atoms with Crippen molar-refractivity contribution in [3.63, 3.8) is 0 Å². The molecule has 0 saturated carbocycles. The van der Waals surface area contributed by atoms with Crippen molar-refractivity contribution in [2.45, 2.75) is 0 Å². The third-order valence-electron chi connectivity index (χ3n) is 0.718. The summed E-state index contributed by atoms with van der Waals surface area (Å²) in [6, 6.07) is 0. The molecule has 1 heterocycles. The second-order valence-electron chi connectivity index (χ2n) is 1.28. The summed E-state index contributed by atoms with van der Waals surface area (Å²) in [5.41, 5.74) is 0. The van der Waals surface area contributed by atoms with Crippen LogP contribution in [0, 0.1) is 9.28 Å². The Morgan fingerprint density at radius 3 is 1.62 bits per heavy atom. The molecule has 0 radical (unpaired) electrons. The molecule has 8 heavy (non-hydrogen) atoms. The van der Waals surface area contributed by atoms with Crippen LogP contribution < -0.4 is 0 Å². The van der Waals surface area contributed by atoms with Gasteiger partial charge in [-0.2, -0.15) is 0 Å². The highest BCUT2D eigenvalue weighted by Gasteiger charge is 1.74. The zero-order valence-electron chi connectivity index (χ0n) is 3.97. The van der Waals surface area contributed by atoms with E-state index in [4.69, 9.17) is 24.4 Å². The van der Waals surface area contributed by atoms with E-state index in [1.54, 1.807) is 12.4 Å². The smallest absolute Gasteiger partial charge is 0.138 e. The van der Waals surface area contributed by atoms with Gasteiger partial charge in [0.25, 0.3) is 0 Å². The largest absolute Gasteiger partial charge is 0.349 e. The van der Waals surface area contributed by atoms with Gasteiger partial charge in [0.15, 0.2) is 0 Å². The summed E-state index contributed by atoms with van der Waals surface area (Å²) < 4.78 is 1.17. The number of H-pyrrole nitrogens is 2. The van der Waals surface area contributed by atoms with Gasteiger partial charge in [-0.05, 0) is 0 Å². The molecular weight excluding hydrogens is 140 g/mol. The van der Waals surface area contributed by atoms with Crippen LogP contribution in [0.4, 0.5) is 0 Å². The van der Waals surface area contributed by atoms with Gasteiger partial charge in [0.05, 0.1) is 0 Å². The average molecular weight is 144 g/mol. The lowest BCUT2D eigenvalue weighted by atomic mass is 10.8. The first-order valence-corrected chi connectivity index (χ1v) is 2.89. The van der Waals surface area contributed by atoms with E-state index in [1.807, 2.05) is 0 Å². The first-order chi connectivity index (χ1) is 3.80. The minimum atomic E-state index is 0.586. The number of hydrogen-bond acceptors (Lipinski definition) is 2. The monoisotopic (exact) mass is 144 g/mol. The molecule has 4 heteroatoms. The minimum Gasteiger partial charge on any atom is -0.349 e. The van der Waals surface area contributed by atoms with Crippen LogP contribution in [0.15, 0.2) is 12.4 Å². The molecule has 1 aromatic rings. The molecule has 0 bridgehead atoms. The summed E-state index contributed by atoms with van der Waals surface area (Å²) in [6.07, 6.45) is 3.41. The van der Waals surface area contributed by atoms with Crippen LogP contribution in [0.5, 0.6) is 0 Å². The van der Waals surface area contributed by atoms with E-state index in [2.05, 4.69) is 9.97 Å². The Morgan fingerprint density at radius 2 is 1.38 bits per heavy atom. The van der Waals surface area contributed by atoms with Crippen molar-refractivity contribution in [1.29, 1.82) is 0 Å². The van der Waals surface area contributed by atoms with E-state index in [-0.39, 0.29) is 0 Å². The van der Waals surface area contributed by atoms with Gasteiger partial charge < -0.3 is 9.97 Å². The Hall–Kier alpha value is -0.480. The molecule has 0 fully saturated rings. The van der Waals surface area contributed by atoms with E-state index in [9.17, 15) is 0 Å². The summed E-state index contributed by atoms with van der Waals surface area (Å²) >= 11 is 9.52. The maximum absolute atomic E-state index is 4.76. The molecule has 0 aliphatic rings. The molecule has 0 amide bonds. The summed E-state index contributed by atoms with van der Waals surface area (Å²) in [4.78, 5) is 5.56. The highest BCUT2D eigenvalue weighted by Crippen LogP contribution is 1.82. The molecule has 1 aromatic heterocycles. The van der Waals surface area contributed by atoms with Crippen molar-refractivity contribution in [1.82, 2.24) is 9.97 Å². The lowest BCUT2D eigenvalue weighted by Gasteiger charge is -1.80. The van der Waals surface area contributed by atoms with E-state index in [1.165, 1.54) is 0 Å². The fraction of sp³-hybridized carbons (Fsp3) is 0. The van der Waals surface area contributed by atoms with Crippen LogP contribution in [0.2, 0.25) is 0 Å². The molecule has 0 atom stereocenters. The van der Waals surface area contributed by atoms with Crippen molar-refractivity contribution in [2.75, 3.05) is 0 Å². The molecule has 2 nitrogen and oxygen atoms in total. The highest BCUT2D eigenvalue weighted by molar-refractivity contribution is 7.73. The SMILES string of the molecule is S=c1[nH]cc[nH]c1=S. The van der Waals surface area contributed by atoms with Crippen LogP contribution in [-0.2, 0) is 0 Å². The van der Waals surface area contributed by atoms with Crippen LogP contribution >= 0.6 is 24.4 Å². The quantitative estimate of drug-likeness (QED) is 0.544. The molecular formula is C4H4N2S2. The van der Waals surface area contributed by atoms with Gasteiger partial charge in [-0.25, -0.2) is 0 Å². The molecule has 0 aliphatic heterocycles. The number of nitrogens with one attached hydrogen (secondary N) is 2. The fourth-order valence-corrected chi connectivity index (χ4v) is 0.620. The Bertz CT molecular complexity index is 243. The Balaban J connectivity index is 3.59. The van der Waals surface area contributed by atoms with E-state index < -0.39 is 0 Å². The average Bonchev–Trinajstić information content (AvgIpc) is 1.77. The Labute approximate surface area is 56.6 Å². The normalized spacial score (nSPS) is 9.00. The lowest BCUT2D eigenvalue weighted by Crippen LogP contribution is -1.75. The van der Waals surface area contributed by atoms with Gasteiger partial charge in [0.1, 0.15) is 9.28 Å². The number of hydrogen-bond donors (Lipinski definition) is 2. The van der Waals surface area contributed by atoms with Crippen LogP contribution in [0.25, 0.3) is 0 Å². The summed E-state index contributed by atoms with van der Waals surface area (Å²) in [5.74, 6) is 0. The molecule has 0 aromatic carbocycles. The third-order valence-corrected chi connectivity index (χ3v) is 1.49. The number of rotatable bonds is 0. The zero-order chi connectivity index (χ0) is 5.98. The predicted molar refractivity (Wildman–Crippen MR) is 36.8 cm³/mol. The highest BCUT2D eigenvalue weighted by atomic mass is 32.1. The van der Waals surface area contributed by atoms with Gasteiger partial charge in [0.2, 0.25) is 0 Å². The first kappa shape index (κ1) is 5.65. The molecule has 2 N–H and O–H groups in total. The summed E-state index contributed by atoms with van der Waals surface area (Å²) in [5, 5.41) is 0. The molecule has 0 spiro atoms.